The molecule has 0 radical (unpaired) electrons. The third-order valence-corrected chi connectivity index (χ3v) is 5.32. The number of hydrogen-bond donors (Lipinski definition) is 1. The van der Waals surface area contributed by atoms with Crippen LogP contribution in [-0.4, -0.2) is 64.3 Å². The molecular weight excluding hydrogens is 366 g/mol. The first-order valence-electron chi connectivity index (χ1n) is 10.2. The van der Waals surface area contributed by atoms with Crippen molar-refractivity contribution in [2.45, 2.75) is 12.8 Å². The number of amides is 1. The number of anilines is 1. The summed E-state index contributed by atoms with van der Waals surface area (Å²) in [5.41, 5.74) is 2.36. The minimum atomic E-state index is 0.224. The van der Waals surface area contributed by atoms with E-state index >= 15 is 0 Å². The molecule has 6 heteroatoms. The summed E-state index contributed by atoms with van der Waals surface area (Å²) in [6.07, 6.45) is 1.48. The average Bonchev–Trinajstić information content (AvgIpc) is 2.79. The van der Waals surface area contributed by atoms with Gasteiger partial charge >= 0.3 is 0 Å². The van der Waals surface area contributed by atoms with Crippen molar-refractivity contribution in [1.29, 1.82) is 0 Å². The van der Waals surface area contributed by atoms with Crippen molar-refractivity contribution in [1.82, 2.24) is 10.2 Å². The molecule has 29 heavy (non-hydrogen) atoms. The van der Waals surface area contributed by atoms with Crippen LogP contribution in [0.5, 0.6) is 11.5 Å². The number of carbonyl (C=O) groups is 1. The number of benzene rings is 2. The summed E-state index contributed by atoms with van der Waals surface area (Å²) in [7, 11) is 3.37. The molecule has 1 saturated heterocycles. The first-order chi connectivity index (χ1) is 14.2. The normalized spacial score (nSPS) is 14.0. The number of para-hydroxylation sites is 2. The fourth-order valence-corrected chi connectivity index (χ4v) is 3.59. The molecule has 1 aliphatic heterocycles. The Morgan fingerprint density at radius 1 is 0.931 bits per heavy atom. The molecule has 0 aliphatic carbocycles. The highest BCUT2D eigenvalue weighted by molar-refractivity contribution is 5.76. The summed E-state index contributed by atoms with van der Waals surface area (Å²) >= 11 is 0. The van der Waals surface area contributed by atoms with E-state index in [4.69, 9.17) is 9.47 Å². The van der Waals surface area contributed by atoms with Gasteiger partial charge in [-0.15, -0.1) is 0 Å². The second kappa shape index (κ2) is 10.7. The minimum absolute atomic E-state index is 0.224. The van der Waals surface area contributed by atoms with Gasteiger partial charge < -0.3 is 24.6 Å². The van der Waals surface area contributed by atoms with Gasteiger partial charge in [-0.05, 0) is 42.8 Å². The van der Waals surface area contributed by atoms with E-state index in [1.54, 1.807) is 14.2 Å². The Bertz CT molecular complexity index is 771. The van der Waals surface area contributed by atoms with E-state index in [1.807, 2.05) is 35.2 Å². The molecule has 0 atom stereocenters. The number of rotatable bonds is 9. The molecule has 1 amide bonds. The maximum Gasteiger partial charge on any atom is 0.223 e. The molecule has 1 fully saturated rings. The van der Waals surface area contributed by atoms with E-state index < -0.39 is 0 Å². The molecule has 3 rings (SSSR count). The Morgan fingerprint density at radius 3 is 2.34 bits per heavy atom. The first-order valence-corrected chi connectivity index (χ1v) is 10.2. The van der Waals surface area contributed by atoms with Crippen molar-refractivity contribution >= 4 is 11.6 Å². The van der Waals surface area contributed by atoms with Crippen molar-refractivity contribution in [2.75, 3.05) is 58.4 Å². The fourth-order valence-electron chi connectivity index (χ4n) is 3.59. The highest BCUT2D eigenvalue weighted by Gasteiger charge is 2.22. The Morgan fingerprint density at radius 2 is 1.66 bits per heavy atom. The van der Waals surface area contributed by atoms with Gasteiger partial charge in [-0.3, -0.25) is 4.79 Å². The minimum Gasteiger partial charge on any atom is -0.497 e. The number of carbonyl (C=O) groups excluding carboxylic acids is 1. The molecule has 1 aliphatic rings. The highest BCUT2D eigenvalue weighted by Crippen LogP contribution is 2.28. The van der Waals surface area contributed by atoms with E-state index in [-0.39, 0.29) is 5.91 Å². The molecule has 2 aromatic carbocycles. The molecular formula is C23H31N3O3. The summed E-state index contributed by atoms with van der Waals surface area (Å²) < 4.78 is 10.6. The summed E-state index contributed by atoms with van der Waals surface area (Å²) in [5, 5.41) is 3.38. The average molecular weight is 398 g/mol. The van der Waals surface area contributed by atoms with Crippen LogP contribution in [0, 0.1) is 0 Å². The van der Waals surface area contributed by atoms with E-state index in [1.165, 1.54) is 5.56 Å². The van der Waals surface area contributed by atoms with Crippen molar-refractivity contribution in [3.63, 3.8) is 0 Å². The SMILES string of the molecule is COc1ccc(CCNCCC(=O)N2CCN(c3ccccc3OC)CC2)cc1. The quantitative estimate of drug-likeness (QED) is 0.659. The monoisotopic (exact) mass is 397 g/mol. The highest BCUT2D eigenvalue weighted by atomic mass is 16.5. The van der Waals surface area contributed by atoms with E-state index in [9.17, 15) is 4.79 Å². The number of piperazine rings is 1. The van der Waals surface area contributed by atoms with Crippen LogP contribution >= 0.6 is 0 Å². The zero-order valence-corrected chi connectivity index (χ0v) is 17.4. The van der Waals surface area contributed by atoms with Gasteiger partial charge in [0.15, 0.2) is 0 Å². The van der Waals surface area contributed by atoms with E-state index in [2.05, 4.69) is 28.4 Å². The fraction of sp³-hybridized carbons (Fsp3) is 0.435. The lowest BCUT2D eigenvalue weighted by Crippen LogP contribution is -2.49. The standard InChI is InChI=1S/C23H31N3O3/c1-28-20-9-7-19(8-10-20)11-13-24-14-12-23(27)26-17-15-25(16-18-26)21-5-3-4-6-22(21)29-2/h3-10,24H,11-18H2,1-2H3. The summed E-state index contributed by atoms with van der Waals surface area (Å²) in [6, 6.07) is 16.1. The van der Waals surface area contributed by atoms with Crippen LogP contribution in [0.2, 0.25) is 0 Å². The number of hydrogen-bond acceptors (Lipinski definition) is 5. The lowest BCUT2D eigenvalue weighted by molar-refractivity contribution is -0.131. The van der Waals surface area contributed by atoms with Crippen LogP contribution in [0.1, 0.15) is 12.0 Å². The van der Waals surface area contributed by atoms with Crippen molar-refractivity contribution in [3.8, 4) is 11.5 Å². The molecule has 156 valence electrons. The zero-order chi connectivity index (χ0) is 20.5. The molecule has 1 heterocycles. The summed E-state index contributed by atoms with van der Waals surface area (Å²) in [6.45, 7) is 4.74. The Kier molecular flexibility index (Phi) is 7.76. The van der Waals surface area contributed by atoms with Crippen LogP contribution in [-0.2, 0) is 11.2 Å². The second-order valence-corrected chi connectivity index (χ2v) is 7.14. The van der Waals surface area contributed by atoms with E-state index in [0.717, 1.165) is 56.3 Å². The maximum absolute atomic E-state index is 12.5. The van der Waals surface area contributed by atoms with Crippen molar-refractivity contribution < 1.29 is 14.3 Å². The molecule has 2 aromatic rings. The molecule has 0 unspecified atom stereocenters. The third-order valence-electron chi connectivity index (χ3n) is 5.32. The number of ether oxygens (including phenoxy) is 2. The summed E-state index contributed by atoms with van der Waals surface area (Å²) in [4.78, 5) is 16.8. The van der Waals surface area contributed by atoms with Gasteiger partial charge in [0.05, 0.1) is 19.9 Å². The van der Waals surface area contributed by atoms with Gasteiger partial charge in [-0.2, -0.15) is 0 Å². The van der Waals surface area contributed by atoms with Gasteiger partial charge in [-0.1, -0.05) is 24.3 Å². The van der Waals surface area contributed by atoms with Crippen LogP contribution < -0.4 is 19.7 Å². The Hall–Kier alpha value is -2.73. The Balaban J connectivity index is 1.34. The Labute approximate surface area is 173 Å². The maximum atomic E-state index is 12.5. The number of nitrogens with zero attached hydrogens (tertiary/aromatic N) is 2. The lowest BCUT2D eigenvalue weighted by atomic mass is 10.1. The van der Waals surface area contributed by atoms with E-state index in [0.29, 0.717) is 13.0 Å². The molecule has 0 aromatic heterocycles. The van der Waals surface area contributed by atoms with Gasteiger partial charge in [0, 0.05) is 39.1 Å². The van der Waals surface area contributed by atoms with Crippen LogP contribution in [0.4, 0.5) is 5.69 Å². The predicted molar refractivity (Wildman–Crippen MR) is 116 cm³/mol. The van der Waals surface area contributed by atoms with Gasteiger partial charge in [-0.25, -0.2) is 0 Å². The number of nitrogens with one attached hydrogen (secondary N) is 1. The van der Waals surface area contributed by atoms with Crippen LogP contribution in [0.15, 0.2) is 48.5 Å². The smallest absolute Gasteiger partial charge is 0.223 e. The molecule has 1 N–H and O–H groups in total. The topological polar surface area (TPSA) is 54.0 Å². The van der Waals surface area contributed by atoms with Crippen LogP contribution in [0.3, 0.4) is 0 Å². The third kappa shape index (κ3) is 5.87. The van der Waals surface area contributed by atoms with Gasteiger partial charge in [0.25, 0.3) is 0 Å². The van der Waals surface area contributed by atoms with Crippen molar-refractivity contribution in [2.24, 2.45) is 0 Å². The predicted octanol–water partition coefficient (Wildman–Crippen LogP) is 2.57. The molecule has 0 bridgehead atoms. The van der Waals surface area contributed by atoms with Crippen molar-refractivity contribution in [3.05, 3.63) is 54.1 Å². The van der Waals surface area contributed by atoms with Crippen LogP contribution in [0.25, 0.3) is 0 Å². The van der Waals surface area contributed by atoms with Gasteiger partial charge in [0.2, 0.25) is 5.91 Å². The lowest BCUT2D eigenvalue weighted by Gasteiger charge is -2.36. The summed E-state index contributed by atoms with van der Waals surface area (Å²) in [5.74, 6) is 1.98. The largest absolute Gasteiger partial charge is 0.497 e. The molecule has 0 spiro atoms. The number of methoxy groups -OCH3 is 2. The van der Waals surface area contributed by atoms with Gasteiger partial charge in [0.1, 0.15) is 11.5 Å². The zero-order valence-electron chi connectivity index (χ0n) is 17.4. The molecule has 6 nitrogen and oxygen atoms in total. The second-order valence-electron chi connectivity index (χ2n) is 7.14. The molecule has 0 saturated carbocycles. The first kappa shape index (κ1) is 21.0.